The Morgan fingerprint density at radius 3 is 2.61 bits per heavy atom. The summed E-state index contributed by atoms with van der Waals surface area (Å²) in [5, 5.41) is 11.5. The van der Waals surface area contributed by atoms with Crippen LogP contribution in [-0.4, -0.2) is 22.1 Å². The summed E-state index contributed by atoms with van der Waals surface area (Å²) in [6.45, 7) is 3.54. The van der Waals surface area contributed by atoms with Gasteiger partial charge in [-0.2, -0.15) is 0 Å². The van der Waals surface area contributed by atoms with Crippen molar-refractivity contribution >= 4 is 56.6 Å². The minimum absolute atomic E-state index is 0.135. The Bertz CT molecular complexity index is 2160. The Morgan fingerprint density at radius 2 is 1.89 bits per heavy atom. The van der Waals surface area contributed by atoms with E-state index in [-0.39, 0.29) is 27.4 Å². The SMILES string of the molecule is CCOC(=O)C1=C(C)N=c2s/c(=C\c3ccc(-c4cc([N+](=O)[O-])ccc4Cl)o3)c(=O)n2[C@H]1c1ccc(-c2ccc(Br)cc2)o1. The largest absolute Gasteiger partial charge is 0.463 e. The number of nitro benzene ring substituents is 1. The first-order valence-corrected chi connectivity index (χ1v) is 15.2. The molecular formula is C31H21BrClN3O7S. The van der Waals surface area contributed by atoms with Gasteiger partial charge in [-0.15, -0.1) is 0 Å². The molecule has 1 atom stereocenters. The number of furan rings is 2. The number of non-ortho nitro benzene ring substituents is 1. The molecule has 0 spiro atoms. The quantitative estimate of drug-likeness (QED) is 0.106. The lowest BCUT2D eigenvalue weighted by Crippen LogP contribution is -2.39. The number of allylic oxidation sites excluding steroid dienone is 1. The maximum atomic E-state index is 13.9. The fraction of sp³-hybridized carbons (Fsp3) is 0.129. The molecule has 4 heterocycles. The highest BCUT2D eigenvalue weighted by molar-refractivity contribution is 9.10. The van der Waals surface area contributed by atoms with Crippen LogP contribution in [0.25, 0.3) is 28.7 Å². The third kappa shape index (κ3) is 5.47. The monoisotopic (exact) mass is 693 g/mol. The van der Waals surface area contributed by atoms with Gasteiger partial charge in [0.25, 0.3) is 11.2 Å². The predicted molar refractivity (Wildman–Crippen MR) is 168 cm³/mol. The van der Waals surface area contributed by atoms with Crippen molar-refractivity contribution in [3.05, 3.63) is 129 Å². The van der Waals surface area contributed by atoms with Crippen LogP contribution in [0.4, 0.5) is 5.69 Å². The van der Waals surface area contributed by atoms with Gasteiger partial charge >= 0.3 is 5.97 Å². The first-order chi connectivity index (χ1) is 21.1. The van der Waals surface area contributed by atoms with Gasteiger partial charge in [-0.05, 0) is 56.3 Å². The minimum Gasteiger partial charge on any atom is -0.463 e. The number of benzene rings is 2. The molecule has 3 aromatic heterocycles. The molecule has 0 bridgehead atoms. The second-order valence-corrected chi connectivity index (χ2v) is 12.0. The number of esters is 1. The highest BCUT2D eigenvalue weighted by Gasteiger charge is 2.35. The summed E-state index contributed by atoms with van der Waals surface area (Å²) in [5.41, 5.74) is 1.22. The summed E-state index contributed by atoms with van der Waals surface area (Å²) in [7, 11) is 0. The van der Waals surface area contributed by atoms with Crippen LogP contribution in [0.2, 0.25) is 5.02 Å². The average Bonchev–Trinajstić information content (AvgIpc) is 3.73. The van der Waals surface area contributed by atoms with E-state index in [9.17, 15) is 19.7 Å². The highest BCUT2D eigenvalue weighted by Crippen LogP contribution is 2.35. The van der Waals surface area contributed by atoms with Crippen molar-refractivity contribution in [1.82, 2.24) is 4.57 Å². The van der Waals surface area contributed by atoms with Gasteiger partial charge in [0, 0.05) is 33.8 Å². The van der Waals surface area contributed by atoms with Crippen LogP contribution in [0.15, 0.2) is 101 Å². The number of ether oxygens (including phenoxy) is 1. The van der Waals surface area contributed by atoms with Gasteiger partial charge in [-0.25, -0.2) is 9.79 Å². The van der Waals surface area contributed by atoms with Crippen molar-refractivity contribution in [3.63, 3.8) is 0 Å². The number of halogens is 2. The fourth-order valence-corrected chi connectivity index (χ4v) is 6.35. The average molecular weight is 695 g/mol. The zero-order chi connectivity index (χ0) is 31.1. The van der Waals surface area contributed by atoms with E-state index in [1.54, 1.807) is 44.2 Å². The van der Waals surface area contributed by atoms with E-state index in [4.69, 9.17) is 25.2 Å². The molecule has 1 aliphatic rings. The van der Waals surface area contributed by atoms with Crippen molar-refractivity contribution < 1.29 is 23.3 Å². The van der Waals surface area contributed by atoms with E-state index in [0.717, 1.165) is 21.4 Å². The number of aromatic nitrogens is 1. The van der Waals surface area contributed by atoms with Crippen LogP contribution in [0.1, 0.15) is 31.4 Å². The third-order valence-corrected chi connectivity index (χ3v) is 8.71. The first kappa shape index (κ1) is 29.5. The molecule has 44 heavy (non-hydrogen) atoms. The van der Waals surface area contributed by atoms with Crippen molar-refractivity contribution in [1.29, 1.82) is 0 Å². The maximum Gasteiger partial charge on any atom is 0.338 e. The Labute approximate surface area is 266 Å². The van der Waals surface area contributed by atoms with Gasteiger partial charge in [-0.3, -0.25) is 19.5 Å². The molecule has 0 radical (unpaired) electrons. The molecule has 10 nitrogen and oxygen atoms in total. The summed E-state index contributed by atoms with van der Waals surface area (Å²) >= 11 is 10.8. The van der Waals surface area contributed by atoms with E-state index < -0.39 is 22.5 Å². The molecule has 222 valence electrons. The maximum absolute atomic E-state index is 13.9. The molecule has 0 unspecified atom stereocenters. The zero-order valence-electron chi connectivity index (χ0n) is 23.1. The number of hydrogen-bond donors (Lipinski definition) is 0. The molecule has 0 amide bonds. The molecule has 6 rings (SSSR count). The van der Waals surface area contributed by atoms with Crippen LogP contribution < -0.4 is 14.9 Å². The minimum atomic E-state index is -0.924. The lowest BCUT2D eigenvalue weighted by atomic mass is 10.0. The van der Waals surface area contributed by atoms with E-state index in [1.165, 1.54) is 22.8 Å². The molecule has 0 saturated heterocycles. The smallest absolute Gasteiger partial charge is 0.338 e. The molecule has 5 aromatic rings. The summed E-state index contributed by atoms with van der Waals surface area (Å²) in [4.78, 5) is 42.8. The van der Waals surface area contributed by atoms with Gasteiger partial charge in [0.2, 0.25) is 0 Å². The number of nitro groups is 1. The summed E-state index contributed by atoms with van der Waals surface area (Å²) in [5.74, 6) is 0.955. The van der Waals surface area contributed by atoms with E-state index in [0.29, 0.717) is 39.1 Å². The second kappa shape index (κ2) is 11.9. The van der Waals surface area contributed by atoms with Crippen molar-refractivity contribution in [2.24, 2.45) is 4.99 Å². The van der Waals surface area contributed by atoms with Crippen LogP contribution in [0.3, 0.4) is 0 Å². The number of carbonyl (C=O) groups excluding carboxylic acids is 1. The Kier molecular flexibility index (Phi) is 7.97. The molecular weight excluding hydrogens is 674 g/mol. The molecule has 2 aromatic carbocycles. The molecule has 0 N–H and O–H groups in total. The van der Waals surface area contributed by atoms with Gasteiger partial charge < -0.3 is 13.6 Å². The topological polar surface area (TPSA) is 130 Å². The van der Waals surface area contributed by atoms with Gasteiger partial charge in [0.1, 0.15) is 29.1 Å². The number of carbonyl (C=O) groups is 1. The Morgan fingerprint density at radius 1 is 1.14 bits per heavy atom. The van der Waals surface area contributed by atoms with E-state index >= 15 is 0 Å². The Balaban J connectivity index is 1.45. The number of rotatable bonds is 7. The molecule has 13 heteroatoms. The lowest BCUT2D eigenvalue weighted by molar-refractivity contribution is -0.384. The number of nitrogens with zero attached hydrogens (tertiary/aromatic N) is 3. The second-order valence-electron chi connectivity index (χ2n) is 9.63. The normalized spacial score (nSPS) is 14.8. The number of fused-ring (bicyclic) bond motifs is 1. The van der Waals surface area contributed by atoms with Crippen LogP contribution in [-0.2, 0) is 9.53 Å². The number of thiazole rings is 1. The first-order valence-electron chi connectivity index (χ1n) is 13.2. The summed E-state index contributed by atoms with van der Waals surface area (Å²) in [6.07, 6.45) is 1.55. The molecule has 0 aliphatic carbocycles. The lowest BCUT2D eigenvalue weighted by Gasteiger charge is -2.22. The van der Waals surface area contributed by atoms with Crippen molar-refractivity contribution in [3.8, 4) is 22.6 Å². The van der Waals surface area contributed by atoms with Crippen LogP contribution >= 0.6 is 38.9 Å². The highest BCUT2D eigenvalue weighted by atomic mass is 79.9. The summed E-state index contributed by atoms with van der Waals surface area (Å²) in [6, 6.07) is 17.5. The van der Waals surface area contributed by atoms with Gasteiger partial charge in [-0.1, -0.05) is 51.0 Å². The Hall–Kier alpha value is -4.52. The van der Waals surface area contributed by atoms with Gasteiger partial charge in [0.05, 0.1) is 32.4 Å². The van der Waals surface area contributed by atoms with Crippen LogP contribution in [0, 0.1) is 10.1 Å². The van der Waals surface area contributed by atoms with E-state index in [1.807, 2.05) is 24.3 Å². The summed E-state index contributed by atoms with van der Waals surface area (Å²) < 4.78 is 20.1. The van der Waals surface area contributed by atoms with Crippen molar-refractivity contribution in [2.45, 2.75) is 19.9 Å². The molecule has 1 aliphatic heterocycles. The zero-order valence-corrected chi connectivity index (χ0v) is 26.2. The van der Waals surface area contributed by atoms with Crippen LogP contribution in [0.5, 0.6) is 0 Å². The fourth-order valence-electron chi connectivity index (χ4n) is 4.85. The molecule has 0 saturated carbocycles. The number of hydrogen-bond acceptors (Lipinski definition) is 9. The van der Waals surface area contributed by atoms with Gasteiger partial charge in [0.15, 0.2) is 4.80 Å². The van der Waals surface area contributed by atoms with Crippen molar-refractivity contribution in [2.75, 3.05) is 6.61 Å². The van der Waals surface area contributed by atoms with E-state index in [2.05, 4.69) is 20.9 Å². The predicted octanol–water partition coefficient (Wildman–Crippen LogP) is 6.64. The molecule has 0 fully saturated rings. The standard InChI is InChI=1S/C31H21BrClN3O7S/c1-3-41-30(38)27-16(2)34-31-35(28(27)25-13-12-23(43-25)17-4-6-18(32)7-5-17)29(37)26(44-31)15-20-9-11-24(42-20)21-14-19(36(39)40)8-10-22(21)33/h4-15,28H,3H2,1-2H3/b26-15-/t28-/m0/s1. The third-order valence-electron chi connectivity index (χ3n) is 6.87.